The van der Waals surface area contributed by atoms with Crippen molar-refractivity contribution in [1.82, 2.24) is 20.5 Å². The van der Waals surface area contributed by atoms with E-state index in [0.29, 0.717) is 16.7 Å². The van der Waals surface area contributed by atoms with E-state index in [0.717, 1.165) is 6.20 Å². The summed E-state index contributed by atoms with van der Waals surface area (Å²) in [4.78, 5) is 7.94. The van der Waals surface area contributed by atoms with Crippen molar-refractivity contribution in [3.05, 3.63) is 36.1 Å². The van der Waals surface area contributed by atoms with Crippen molar-refractivity contribution in [3.8, 4) is 0 Å². The van der Waals surface area contributed by atoms with E-state index in [1.165, 1.54) is 6.07 Å². The van der Waals surface area contributed by atoms with Crippen molar-refractivity contribution < 1.29 is 4.39 Å². The summed E-state index contributed by atoms with van der Waals surface area (Å²) in [5, 5.41) is 9.86. The Hall–Kier alpha value is -2.48. The first-order chi connectivity index (χ1) is 8.58. The zero-order valence-electron chi connectivity index (χ0n) is 9.18. The molecule has 0 spiro atoms. The number of H-pyrrole nitrogens is 1. The number of nitrogens with two attached hydrogens (primary N) is 2. The third-order valence-corrected chi connectivity index (χ3v) is 2.65. The lowest BCUT2D eigenvalue weighted by Gasteiger charge is -2.23. The minimum atomic E-state index is -1.21. The fourth-order valence-electron chi connectivity index (χ4n) is 1.84. The molecule has 6 N–H and O–H groups in total. The van der Waals surface area contributed by atoms with Gasteiger partial charge in [0.25, 0.3) is 0 Å². The summed E-state index contributed by atoms with van der Waals surface area (Å²) in [6.45, 7) is 0. The Bertz CT molecular complexity index is 674. The van der Waals surface area contributed by atoms with Crippen LogP contribution in [0.4, 0.5) is 4.39 Å². The standard InChI is InChI=1S/C10H10FN7/c11-5-3-6-7(17-18-8(6)15-4-5)10(13)1-2-14-9(12)16-10/h1-4H,13H2,(H3,12,14,16)(H,15,17,18). The summed E-state index contributed by atoms with van der Waals surface area (Å²) >= 11 is 0. The molecule has 0 radical (unpaired) electrons. The fraction of sp³-hybridized carbons (Fsp3) is 0.100. The van der Waals surface area contributed by atoms with Gasteiger partial charge in [0.05, 0.1) is 11.9 Å². The van der Waals surface area contributed by atoms with Gasteiger partial charge in [-0.1, -0.05) is 0 Å². The quantitative estimate of drug-likeness (QED) is 0.549. The van der Waals surface area contributed by atoms with Gasteiger partial charge in [0.1, 0.15) is 5.82 Å². The SMILES string of the molecule is NC1=NC(N)(c2[nH]nc3ncc(F)cc23)C=CN1. The van der Waals surface area contributed by atoms with Crippen LogP contribution in [-0.2, 0) is 5.66 Å². The number of pyridine rings is 1. The van der Waals surface area contributed by atoms with E-state index in [4.69, 9.17) is 11.5 Å². The number of nitrogens with zero attached hydrogens (tertiary/aromatic N) is 3. The Kier molecular flexibility index (Phi) is 2.08. The second-order valence-corrected chi connectivity index (χ2v) is 3.92. The van der Waals surface area contributed by atoms with Gasteiger partial charge in [0.15, 0.2) is 17.3 Å². The lowest BCUT2D eigenvalue weighted by atomic mass is 10.0. The van der Waals surface area contributed by atoms with Crippen molar-refractivity contribution in [2.24, 2.45) is 16.5 Å². The molecule has 8 heteroatoms. The number of rotatable bonds is 1. The van der Waals surface area contributed by atoms with Gasteiger partial charge in [-0.25, -0.2) is 14.4 Å². The molecule has 7 nitrogen and oxygen atoms in total. The Morgan fingerprint density at radius 3 is 3.00 bits per heavy atom. The van der Waals surface area contributed by atoms with Gasteiger partial charge < -0.3 is 11.1 Å². The Morgan fingerprint density at radius 1 is 1.39 bits per heavy atom. The van der Waals surface area contributed by atoms with E-state index in [1.54, 1.807) is 12.3 Å². The van der Waals surface area contributed by atoms with E-state index in [2.05, 4.69) is 25.5 Å². The van der Waals surface area contributed by atoms with Crippen LogP contribution in [0.15, 0.2) is 29.5 Å². The summed E-state index contributed by atoms with van der Waals surface area (Å²) < 4.78 is 13.2. The molecule has 92 valence electrons. The maximum Gasteiger partial charge on any atom is 0.195 e. The van der Waals surface area contributed by atoms with Gasteiger partial charge in [-0.15, -0.1) is 0 Å². The van der Waals surface area contributed by atoms with Gasteiger partial charge in [-0.3, -0.25) is 10.8 Å². The van der Waals surface area contributed by atoms with E-state index < -0.39 is 11.5 Å². The summed E-state index contributed by atoms with van der Waals surface area (Å²) in [7, 11) is 0. The third-order valence-electron chi connectivity index (χ3n) is 2.65. The number of hydrogen-bond acceptors (Lipinski definition) is 6. The number of nitrogens with one attached hydrogen (secondary N) is 2. The highest BCUT2D eigenvalue weighted by molar-refractivity contribution is 5.83. The van der Waals surface area contributed by atoms with Crippen LogP contribution in [0.2, 0.25) is 0 Å². The Labute approximate surface area is 101 Å². The molecule has 0 saturated carbocycles. The van der Waals surface area contributed by atoms with Gasteiger partial charge in [0.2, 0.25) is 0 Å². The van der Waals surface area contributed by atoms with E-state index >= 15 is 0 Å². The Morgan fingerprint density at radius 2 is 2.22 bits per heavy atom. The van der Waals surface area contributed by atoms with E-state index in [-0.39, 0.29) is 5.96 Å². The molecule has 0 amide bonds. The number of aliphatic imine (C=N–C) groups is 1. The molecule has 1 unspecified atom stereocenters. The Balaban J connectivity index is 2.23. The number of aromatic nitrogens is 3. The van der Waals surface area contributed by atoms with Crippen LogP contribution in [-0.4, -0.2) is 21.1 Å². The summed E-state index contributed by atoms with van der Waals surface area (Å²) in [6, 6.07) is 1.30. The molecule has 1 aliphatic rings. The lowest BCUT2D eigenvalue weighted by Crippen LogP contribution is -2.42. The van der Waals surface area contributed by atoms with Gasteiger partial charge in [-0.05, 0) is 12.1 Å². The lowest BCUT2D eigenvalue weighted by molar-refractivity contribution is 0.563. The van der Waals surface area contributed by atoms with Gasteiger partial charge >= 0.3 is 0 Å². The summed E-state index contributed by atoms with van der Waals surface area (Å²) in [5.41, 5.74) is 11.3. The molecular weight excluding hydrogens is 237 g/mol. The first-order valence-electron chi connectivity index (χ1n) is 5.17. The molecule has 1 atom stereocenters. The molecule has 0 fully saturated rings. The minimum absolute atomic E-state index is 0.173. The molecule has 18 heavy (non-hydrogen) atoms. The molecule has 1 aliphatic heterocycles. The second-order valence-electron chi connectivity index (χ2n) is 3.92. The highest BCUT2D eigenvalue weighted by Gasteiger charge is 2.30. The molecule has 0 aliphatic carbocycles. The first-order valence-corrected chi connectivity index (χ1v) is 5.17. The average Bonchev–Trinajstić information content (AvgIpc) is 2.72. The van der Waals surface area contributed by atoms with Crippen LogP contribution in [0.1, 0.15) is 5.69 Å². The molecule has 2 aromatic heterocycles. The maximum absolute atomic E-state index is 13.2. The smallest absolute Gasteiger partial charge is 0.195 e. The second kappa shape index (κ2) is 3.50. The van der Waals surface area contributed by atoms with Crippen LogP contribution >= 0.6 is 0 Å². The van der Waals surface area contributed by atoms with Gasteiger partial charge in [-0.2, -0.15) is 5.10 Å². The number of guanidine groups is 1. The van der Waals surface area contributed by atoms with Crippen LogP contribution < -0.4 is 16.8 Å². The predicted molar refractivity (Wildman–Crippen MR) is 63.6 cm³/mol. The van der Waals surface area contributed by atoms with Gasteiger partial charge in [0, 0.05) is 11.6 Å². The third kappa shape index (κ3) is 1.51. The summed E-state index contributed by atoms with van der Waals surface area (Å²) in [5.74, 6) is -0.296. The molecule has 2 aromatic rings. The number of halogens is 1. The minimum Gasteiger partial charge on any atom is -0.370 e. The number of aromatic amines is 1. The monoisotopic (exact) mass is 247 g/mol. The zero-order valence-corrected chi connectivity index (χ0v) is 9.18. The van der Waals surface area contributed by atoms with Crippen LogP contribution in [0.5, 0.6) is 0 Å². The zero-order chi connectivity index (χ0) is 12.8. The molecule has 3 rings (SSSR count). The average molecular weight is 247 g/mol. The van der Waals surface area contributed by atoms with E-state index in [9.17, 15) is 4.39 Å². The predicted octanol–water partition coefficient (Wildman–Crippen LogP) is -0.360. The number of hydrogen-bond donors (Lipinski definition) is 4. The molecular formula is C10H10FN7. The molecule has 0 bridgehead atoms. The van der Waals surface area contributed by atoms with Crippen LogP contribution in [0, 0.1) is 5.82 Å². The highest BCUT2D eigenvalue weighted by Crippen LogP contribution is 2.27. The van der Waals surface area contributed by atoms with Crippen molar-refractivity contribution in [2.45, 2.75) is 5.66 Å². The topological polar surface area (TPSA) is 118 Å². The largest absolute Gasteiger partial charge is 0.370 e. The molecule has 3 heterocycles. The number of fused-ring (bicyclic) bond motifs is 1. The highest BCUT2D eigenvalue weighted by atomic mass is 19.1. The normalized spacial score (nSPS) is 22.9. The van der Waals surface area contributed by atoms with E-state index in [1.807, 2.05) is 0 Å². The van der Waals surface area contributed by atoms with Crippen molar-refractivity contribution in [2.75, 3.05) is 0 Å². The summed E-state index contributed by atoms with van der Waals surface area (Å²) in [6.07, 6.45) is 4.26. The van der Waals surface area contributed by atoms with Crippen molar-refractivity contribution in [3.63, 3.8) is 0 Å². The van der Waals surface area contributed by atoms with Crippen molar-refractivity contribution >= 4 is 17.0 Å². The maximum atomic E-state index is 13.2. The molecule has 0 aromatic carbocycles. The first kappa shape index (κ1) is 10.7. The fourth-order valence-corrected chi connectivity index (χ4v) is 1.84. The molecule has 0 saturated heterocycles. The van der Waals surface area contributed by atoms with Crippen LogP contribution in [0.3, 0.4) is 0 Å². The van der Waals surface area contributed by atoms with Crippen molar-refractivity contribution in [1.29, 1.82) is 0 Å². The van der Waals surface area contributed by atoms with Crippen LogP contribution in [0.25, 0.3) is 11.0 Å².